The van der Waals surface area contributed by atoms with Gasteiger partial charge in [0.1, 0.15) is 11.5 Å². The minimum Gasteiger partial charge on any atom is -0.507 e. The molecule has 4 aromatic carbocycles. The molecule has 0 aliphatic heterocycles. The number of phenols is 2. The van der Waals surface area contributed by atoms with E-state index >= 15 is 0 Å². The largest absolute Gasteiger partial charge is 0.507 e. The molecule has 0 atom stereocenters. The maximum Gasteiger partial charge on any atom is 0.235 e. The Bertz CT molecular complexity index is 1340. The summed E-state index contributed by atoms with van der Waals surface area (Å²) >= 11 is 0. The second kappa shape index (κ2) is 6.97. The van der Waals surface area contributed by atoms with Crippen LogP contribution in [0.15, 0.2) is 66.7 Å². The lowest BCUT2D eigenvalue weighted by Gasteiger charge is -2.18. The molecule has 4 aromatic rings. The van der Waals surface area contributed by atoms with E-state index in [1.807, 2.05) is 24.3 Å². The number of rotatable bonds is 4. The molecule has 0 fully saturated rings. The standard InChI is InChI=1S/C23H21NO4S/c1-14(2)29(27,28)24-20-13-19(23(26)18-10-6-5-9-17(18)20)22-16-8-4-3-7-15(16)11-12-21(22)25/h3-14,24-26H,1-2H3. The van der Waals surface area contributed by atoms with Crippen molar-refractivity contribution in [2.45, 2.75) is 19.1 Å². The monoisotopic (exact) mass is 407 g/mol. The molecule has 0 radical (unpaired) electrons. The fraction of sp³-hybridized carbons (Fsp3) is 0.130. The van der Waals surface area contributed by atoms with Crippen LogP contribution in [0, 0.1) is 0 Å². The van der Waals surface area contributed by atoms with Crippen molar-refractivity contribution in [2.24, 2.45) is 0 Å². The van der Waals surface area contributed by atoms with Gasteiger partial charge in [-0.25, -0.2) is 8.42 Å². The number of hydrogen-bond donors (Lipinski definition) is 3. The zero-order chi connectivity index (χ0) is 20.8. The zero-order valence-electron chi connectivity index (χ0n) is 16.0. The summed E-state index contributed by atoms with van der Waals surface area (Å²) in [6.07, 6.45) is 0. The van der Waals surface area contributed by atoms with Crippen LogP contribution in [-0.4, -0.2) is 23.9 Å². The van der Waals surface area contributed by atoms with Crippen LogP contribution in [0.2, 0.25) is 0 Å². The third kappa shape index (κ3) is 3.25. The van der Waals surface area contributed by atoms with Crippen molar-refractivity contribution in [1.82, 2.24) is 0 Å². The first-order chi connectivity index (χ1) is 13.8. The summed E-state index contributed by atoms with van der Waals surface area (Å²) < 4.78 is 27.7. The number of aromatic hydroxyl groups is 2. The lowest BCUT2D eigenvalue weighted by atomic mass is 9.93. The van der Waals surface area contributed by atoms with Crippen molar-refractivity contribution in [3.63, 3.8) is 0 Å². The van der Waals surface area contributed by atoms with Crippen LogP contribution >= 0.6 is 0 Å². The Morgan fingerprint density at radius 1 is 0.828 bits per heavy atom. The third-order valence-electron chi connectivity index (χ3n) is 5.07. The van der Waals surface area contributed by atoms with E-state index in [9.17, 15) is 18.6 Å². The van der Waals surface area contributed by atoms with E-state index in [0.29, 0.717) is 27.6 Å². The maximum absolute atomic E-state index is 12.5. The first kappa shape index (κ1) is 19.1. The van der Waals surface area contributed by atoms with Gasteiger partial charge < -0.3 is 10.2 Å². The molecule has 0 aromatic heterocycles. The normalized spacial score (nSPS) is 12.0. The second-order valence-electron chi connectivity index (χ2n) is 7.24. The molecule has 5 nitrogen and oxygen atoms in total. The van der Waals surface area contributed by atoms with E-state index in [-0.39, 0.29) is 11.5 Å². The fourth-order valence-corrected chi connectivity index (χ4v) is 4.16. The van der Waals surface area contributed by atoms with Crippen molar-refractivity contribution in [1.29, 1.82) is 0 Å². The molecule has 0 amide bonds. The molecule has 0 saturated heterocycles. The number of nitrogens with one attached hydrogen (secondary N) is 1. The Morgan fingerprint density at radius 3 is 2.14 bits per heavy atom. The lowest BCUT2D eigenvalue weighted by molar-refractivity contribution is 0.472. The van der Waals surface area contributed by atoms with Gasteiger partial charge in [0.15, 0.2) is 0 Å². The molecule has 148 valence electrons. The molecule has 0 aliphatic rings. The highest BCUT2D eigenvalue weighted by Gasteiger charge is 2.21. The van der Waals surface area contributed by atoms with Crippen molar-refractivity contribution < 1.29 is 18.6 Å². The molecule has 3 N–H and O–H groups in total. The van der Waals surface area contributed by atoms with Gasteiger partial charge in [-0.05, 0) is 36.8 Å². The van der Waals surface area contributed by atoms with Gasteiger partial charge in [-0.2, -0.15) is 0 Å². The summed E-state index contributed by atoms with van der Waals surface area (Å²) in [5.74, 6) is -0.00769. The molecule has 0 bridgehead atoms. The number of phenolic OH excluding ortho intramolecular Hbond substituents is 2. The van der Waals surface area contributed by atoms with Crippen LogP contribution in [0.4, 0.5) is 5.69 Å². The maximum atomic E-state index is 12.5. The average molecular weight is 407 g/mol. The summed E-state index contributed by atoms with van der Waals surface area (Å²) in [4.78, 5) is 0. The van der Waals surface area contributed by atoms with E-state index in [4.69, 9.17) is 0 Å². The van der Waals surface area contributed by atoms with E-state index in [1.54, 1.807) is 56.3 Å². The summed E-state index contributed by atoms with van der Waals surface area (Å²) in [5.41, 5.74) is 1.17. The van der Waals surface area contributed by atoms with E-state index in [0.717, 1.165) is 10.8 Å². The van der Waals surface area contributed by atoms with Crippen LogP contribution < -0.4 is 4.72 Å². The van der Waals surface area contributed by atoms with Gasteiger partial charge in [0.25, 0.3) is 0 Å². The molecule has 0 heterocycles. The predicted octanol–water partition coefficient (Wildman–Crippen LogP) is 5.22. The Hall–Kier alpha value is -3.25. The summed E-state index contributed by atoms with van der Waals surface area (Å²) in [7, 11) is -3.60. The molecular formula is C23H21NO4S. The minimum atomic E-state index is -3.60. The quantitative estimate of drug-likeness (QED) is 0.405. The van der Waals surface area contributed by atoms with Crippen LogP contribution in [-0.2, 0) is 10.0 Å². The summed E-state index contributed by atoms with van der Waals surface area (Å²) in [5, 5.41) is 23.8. The van der Waals surface area contributed by atoms with E-state index in [2.05, 4.69) is 4.72 Å². The number of hydrogen-bond acceptors (Lipinski definition) is 4. The molecule has 6 heteroatoms. The summed E-state index contributed by atoms with van der Waals surface area (Å²) in [6.45, 7) is 3.20. The molecule has 4 rings (SSSR count). The zero-order valence-corrected chi connectivity index (χ0v) is 16.9. The van der Waals surface area contributed by atoms with Crippen LogP contribution in [0.5, 0.6) is 11.5 Å². The average Bonchev–Trinajstić information content (AvgIpc) is 2.70. The molecule has 29 heavy (non-hydrogen) atoms. The highest BCUT2D eigenvalue weighted by Crippen LogP contribution is 2.46. The van der Waals surface area contributed by atoms with Crippen LogP contribution in [0.3, 0.4) is 0 Å². The fourth-order valence-electron chi connectivity index (χ4n) is 3.45. The molecule has 0 spiro atoms. The number of fused-ring (bicyclic) bond motifs is 2. The Morgan fingerprint density at radius 2 is 1.45 bits per heavy atom. The number of benzene rings is 4. The van der Waals surface area contributed by atoms with Gasteiger partial charge in [0, 0.05) is 21.9 Å². The van der Waals surface area contributed by atoms with Crippen molar-refractivity contribution in [3.05, 3.63) is 66.7 Å². The van der Waals surface area contributed by atoms with E-state index in [1.165, 1.54) is 0 Å². The topological polar surface area (TPSA) is 86.6 Å². The SMILES string of the molecule is CC(C)S(=O)(=O)Nc1cc(-c2c(O)ccc3ccccc23)c(O)c2ccccc12. The van der Waals surface area contributed by atoms with Crippen molar-refractivity contribution in [2.75, 3.05) is 4.72 Å². The second-order valence-corrected chi connectivity index (χ2v) is 9.48. The van der Waals surface area contributed by atoms with Crippen molar-refractivity contribution in [3.8, 4) is 22.6 Å². The molecule has 0 saturated carbocycles. The van der Waals surface area contributed by atoms with Gasteiger partial charge >= 0.3 is 0 Å². The van der Waals surface area contributed by atoms with Gasteiger partial charge in [0.2, 0.25) is 10.0 Å². The lowest BCUT2D eigenvalue weighted by Crippen LogP contribution is -2.22. The van der Waals surface area contributed by atoms with Gasteiger partial charge in [-0.1, -0.05) is 54.6 Å². The van der Waals surface area contributed by atoms with Crippen LogP contribution in [0.1, 0.15) is 13.8 Å². The summed E-state index contributed by atoms with van der Waals surface area (Å²) in [6, 6.07) is 19.5. The Labute approximate surface area is 169 Å². The highest BCUT2D eigenvalue weighted by molar-refractivity contribution is 7.93. The van der Waals surface area contributed by atoms with Crippen LogP contribution in [0.25, 0.3) is 32.7 Å². The Kier molecular flexibility index (Phi) is 4.59. The first-order valence-electron chi connectivity index (χ1n) is 9.27. The van der Waals surface area contributed by atoms with Gasteiger partial charge in [0.05, 0.1) is 10.9 Å². The predicted molar refractivity (Wildman–Crippen MR) is 118 cm³/mol. The molecule has 0 unspecified atom stereocenters. The smallest absolute Gasteiger partial charge is 0.235 e. The minimum absolute atomic E-state index is 0.00643. The van der Waals surface area contributed by atoms with E-state index < -0.39 is 15.3 Å². The number of sulfonamides is 1. The first-order valence-corrected chi connectivity index (χ1v) is 10.8. The Balaban J connectivity index is 2.08. The molecule has 0 aliphatic carbocycles. The van der Waals surface area contributed by atoms with Gasteiger partial charge in [-0.15, -0.1) is 0 Å². The highest BCUT2D eigenvalue weighted by atomic mass is 32.2. The third-order valence-corrected chi connectivity index (χ3v) is 6.81. The molecular weight excluding hydrogens is 386 g/mol. The number of anilines is 1. The van der Waals surface area contributed by atoms with Gasteiger partial charge in [-0.3, -0.25) is 4.72 Å². The van der Waals surface area contributed by atoms with Crippen molar-refractivity contribution >= 4 is 37.3 Å².